The van der Waals surface area contributed by atoms with Crippen LogP contribution in [0.25, 0.3) is 10.2 Å². The van der Waals surface area contributed by atoms with Crippen molar-refractivity contribution < 1.29 is 4.79 Å². The van der Waals surface area contributed by atoms with Gasteiger partial charge in [0.05, 0.1) is 5.69 Å². The quantitative estimate of drug-likeness (QED) is 0.671. The first kappa shape index (κ1) is 19.3. The van der Waals surface area contributed by atoms with Gasteiger partial charge in [-0.3, -0.25) is 4.79 Å². The molecule has 5 rings (SSSR count). The molecule has 7 heteroatoms. The summed E-state index contributed by atoms with van der Waals surface area (Å²) in [5.41, 5.74) is 10.1. The van der Waals surface area contributed by atoms with Gasteiger partial charge in [-0.15, -0.1) is 11.3 Å². The molecule has 4 heterocycles. The fourth-order valence-corrected chi connectivity index (χ4v) is 5.57. The normalized spacial score (nSPS) is 19.0. The number of carbonyl (C=O) groups excluding carboxylic acids is 1. The molecule has 30 heavy (non-hydrogen) atoms. The first-order valence-corrected chi connectivity index (χ1v) is 11.6. The Morgan fingerprint density at radius 2 is 2.00 bits per heavy atom. The lowest BCUT2D eigenvalue weighted by atomic mass is 9.91. The predicted molar refractivity (Wildman–Crippen MR) is 122 cm³/mol. The van der Waals surface area contributed by atoms with Gasteiger partial charge in [-0.25, -0.2) is 9.97 Å². The molecule has 0 spiro atoms. The molecule has 1 aliphatic carbocycles. The van der Waals surface area contributed by atoms with E-state index in [2.05, 4.69) is 27.3 Å². The van der Waals surface area contributed by atoms with Gasteiger partial charge >= 0.3 is 0 Å². The van der Waals surface area contributed by atoms with E-state index in [-0.39, 0.29) is 11.9 Å². The maximum Gasteiger partial charge on any atom is 0.263 e. The lowest BCUT2D eigenvalue weighted by molar-refractivity contribution is 0.0938. The highest BCUT2D eigenvalue weighted by molar-refractivity contribution is 7.21. The molecule has 1 fully saturated rings. The Hall–Kier alpha value is -2.67. The number of anilines is 2. The van der Waals surface area contributed by atoms with E-state index in [4.69, 9.17) is 10.7 Å². The zero-order valence-corrected chi connectivity index (χ0v) is 18.1. The van der Waals surface area contributed by atoms with Crippen molar-refractivity contribution in [2.24, 2.45) is 0 Å². The van der Waals surface area contributed by atoms with E-state index >= 15 is 0 Å². The van der Waals surface area contributed by atoms with Crippen LogP contribution in [0, 0.1) is 6.92 Å². The van der Waals surface area contributed by atoms with Gasteiger partial charge in [-0.1, -0.05) is 6.07 Å². The van der Waals surface area contributed by atoms with Gasteiger partial charge in [0, 0.05) is 35.9 Å². The summed E-state index contributed by atoms with van der Waals surface area (Å²) < 4.78 is 0. The number of nitrogens with zero attached hydrogens (tertiary/aromatic N) is 3. The fourth-order valence-electron chi connectivity index (χ4n) is 4.53. The van der Waals surface area contributed by atoms with Gasteiger partial charge in [0.25, 0.3) is 5.91 Å². The van der Waals surface area contributed by atoms with Gasteiger partial charge in [0.1, 0.15) is 15.5 Å². The second-order valence-corrected chi connectivity index (χ2v) is 9.39. The number of carbonyl (C=O) groups is 1. The van der Waals surface area contributed by atoms with Gasteiger partial charge in [0.15, 0.2) is 0 Å². The molecule has 0 saturated carbocycles. The van der Waals surface area contributed by atoms with Crippen LogP contribution in [0.5, 0.6) is 0 Å². The largest absolute Gasteiger partial charge is 0.397 e. The Kier molecular flexibility index (Phi) is 5.06. The molecule has 3 aromatic heterocycles. The smallest absolute Gasteiger partial charge is 0.263 e. The maximum atomic E-state index is 12.9. The molecule has 6 nitrogen and oxygen atoms in total. The molecule has 0 bridgehead atoms. The van der Waals surface area contributed by atoms with Crippen LogP contribution in [0.4, 0.5) is 11.5 Å². The van der Waals surface area contributed by atoms with E-state index in [1.807, 2.05) is 19.1 Å². The summed E-state index contributed by atoms with van der Waals surface area (Å²) in [7, 11) is 0. The third-order valence-electron chi connectivity index (χ3n) is 6.20. The number of aryl methyl sites for hydroxylation is 2. The molecule has 156 valence electrons. The van der Waals surface area contributed by atoms with Gasteiger partial charge in [-0.05, 0) is 69.2 Å². The molecule has 1 saturated heterocycles. The Bertz CT molecular complexity index is 1100. The van der Waals surface area contributed by atoms with Crippen LogP contribution in [0.3, 0.4) is 0 Å². The van der Waals surface area contributed by atoms with E-state index in [1.165, 1.54) is 41.9 Å². The summed E-state index contributed by atoms with van der Waals surface area (Å²) in [5, 5.41) is 4.06. The van der Waals surface area contributed by atoms with Crippen LogP contribution in [0.2, 0.25) is 0 Å². The molecule has 2 aliphatic rings. The van der Waals surface area contributed by atoms with Crippen molar-refractivity contribution in [1.82, 2.24) is 15.3 Å². The summed E-state index contributed by atoms with van der Waals surface area (Å²) in [4.78, 5) is 26.2. The van der Waals surface area contributed by atoms with Crippen LogP contribution in [0.1, 0.15) is 52.3 Å². The third-order valence-corrected chi connectivity index (χ3v) is 7.32. The topological polar surface area (TPSA) is 84.1 Å². The summed E-state index contributed by atoms with van der Waals surface area (Å²) in [6.07, 6.45) is 6.44. The number of nitrogen functional groups attached to an aromatic ring is 1. The van der Waals surface area contributed by atoms with Gasteiger partial charge < -0.3 is 16.0 Å². The number of hydrogen-bond donors (Lipinski definition) is 2. The monoisotopic (exact) mass is 421 g/mol. The standard InChI is InChI=1S/C23H27N5OS/c1-14-5-8-17-20(24)21(30-23(17)25-14)22(29)26-16-7-9-18-15(13-16)6-10-19(27-18)28-11-3-2-4-12-28/h5-6,8,10,16H,2-4,7,9,11-13,24H2,1H3,(H,26,29)/t16-/m1/s1. The molecule has 1 aliphatic heterocycles. The highest BCUT2D eigenvalue weighted by Crippen LogP contribution is 2.33. The van der Waals surface area contributed by atoms with E-state index in [0.717, 1.165) is 54.1 Å². The molecule has 0 radical (unpaired) electrons. The molecule has 3 aromatic rings. The van der Waals surface area contributed by atoms with Gasteiger partial charge in [0.2, 0.25) is 0 Å². The number of amides is 1. The minimum absolute atomic E-state index is 0.0977. The summed E-state index contributed by atoms with van der Waals surface area (Å²) in [6, 6.07) is 8.32. The maximum absolute atomic E-state index is 12.9. The Morgan fingerprint density at radius 1 is 1.17 bits per heavy atom. The average molecular weight is 422 g/mol. The molecule has 1 atom stereocenters. The number of hydrogen-bond acceptors (Lipinski definition) is 6. The third kappa shape index (κ3) is 3.62. The first-order chi connectivity index (χ1) is 14.6. The van der Waals surface area contributed by atoms with Crippen LogP contribution >= 0.6 is 11.3 Å². The molecule has 0 aromatic carbocycles. The van der Waals surface area contributed by atoms with Crippen molar-refractivity contribution >= 4 is 39.0 Å². The number of rotatable bonds is 3. The van der Waals surface area contributed by atoms with Crippen molar-refractivity contribution in [2.75, 3.05) is 23.7 Å². The number of pyridine rings is 2. The summed E-state index contributed by atoms with van der Waals surface area (Å²) in [5.74, 6) is 1.01. The Morgan fingerprint density at radius 3 is 2.83 bits per heavy atom. The summed E-state index contributed by atoms with van der Waals surface area (Å²) in [6.45, 7) is 4.16. The molecular weight excluding hydrogens is 394 g/mol. The molecule has 1 amide bonds. The number of piperidine rings is 1. The van der Waals surface area contributed by atoms with Crippen molar-refractivity contribution in [2.45, 2.75) is 51.5 Å². The highest BCUT2D eigenvalue weighted by atomic mass is 32.1. The van der Waals surface area contributed by atoms with Crippen molar-refractivity contribution in [1.29, 1.82) is 0 Å². The highest BCUT2D eigenvalue weighted by Gasteiger charge is 2.25. The molecule has 0 unspecified atom stereocenters. The SMILES string of the molecule is Cc1ccc2c(N)c(C(=O)N[C@@H]3CCc4nc(N5CCCCC5)ccc4C3)sc2n1. The number of nitrogens with two attached hydrogens (primary N) is 1. The number of fused-ring (bicyclic) bond motifs is 2. The van der Waals surface area contributed by atoms with Crippen molar-refractivity contribution in [3.63, 3.8) is 0 Å². The zero-order chi connectivity index (χ0) is 20.7. The summed E-state index contributed by atoms with van der Waals surface area (Å²) >= 11 is 1.37. The molecule has 3 N–H and O–H groups in total. The zero-order valence-electron chi connectivity index (χ0n) is 17.3. The Labute approximate surface area is 180 Å². The average Bonchev–Trinajstić information content (AvgIpc) is 3.09. The van der Waals surface area contributed by atoms with Gasteiger partial charge in [-0.2, -0.15) is 0 Å². The van der Waals surface area contributed by atoms with E-state index in [9.17, 15) is 4.79 Å². The van der Waals surface area contributed by atoms with Crippen molar-refractivity contribution in [3.8, 4) is 0 Å². The van der Waals surface area contributed by atoms with E-state index in [1.54, 1.807) is 0 Å². The number of nitrogens with one attached hydrogen (secondary N) is 1. The number of thiophene rings is 1. The predicted octanol–water partition coefficient (Wildman–Crippen LogP) is 3.86. The minimum Gasteiger partial charge on any atom is -0.397 e. The van der Waals surface area contributed by atoms with Crippen LogP contribution in [0.15, 0.2) is 24.3 Å². The fraction of sp³-hybridized carbons (Fsp3) is 0.435. The van der Waals surface area contributed by atoms with Crippen LogP contribution < -0.4 is 16.0 Å². The van der Waals surface area contributed by atoms with E-state index in [0.29, 0.717) is 10.6 Å². The van der Waals surface area contributed by atoms with Crippen LogP contribution in [-0.2, 0) is 12.8 Å². The number of aromatic nitrogens is 2. The van der Waals surface area contributed by atoms with Crippen molar-refractivity contribution in [3.05, 3.63) is 46.1 Å². The second-order valence-electron chi connectivity index (χ2n) is 8.39. The minimum atomic E-state index is -0.0977. The lowest BCUT2D eigenvalue weighted by Crippen LogP contribution is -2.39. The van der Waals surface area contributed by atoms with Crippen LogP contribution in [-0.4, -0.2) is 35.0 Å². The first-order valence-electron chi connectivity index (χ1n) is 10.8. The van der Waals surface area contributed by atoms with E-state index < -0.39 is 0 Å². The lowest BCUT2D eigenvalue weighted by Gasteiger charge is -2.30. The second kappa shape index (κ2) is 7.87. The Balaban J connectivity index is 1.29. The molecular formula is C23H27N5OS.